The number of hydrogen-bond donors (Lipinski definition) is 1. The monoisotopic (exact) mass is 551 g/mol. The van der Waals surface area contributed by atoms with Crippen LogP contribution in [0.25, 0.3) is 16.7 Å². The average Bonchev–Trinajstić information content (AvgIpc) is 3.35. The second-order valence-corrected chi connectivity index (χ2v) is 11.3. The first-order valence-corrected chi connectivity index (χ1v) is 13.7. The van der Waals surface area contributed by atoms with E-state index in [0.29, 0.717) is 18.4 Å². The Labute approximate surface area is 233 Å². The molecule has 212 valence electrons. The second-order valence-electron chi connectivity index (χ2n) is 11.3. The number of carbonyl (C=O) groups is 1. The van der Waals surface area contributed by atoms with Gasteiger partial charge in [0.25, 0.3) is 0 Å². The molecule has 1 unspecified atom stereocenters. The summed E-state index contributed by atoms with van der Waals surface area (Å²) in [5, 5.41) is 20.2. The fraction of sp³-hybridized carbons (Fsp3) is 0.406. The van der Waals surface area contributed by atoms with E-state index in [1.807, 2.05) is 64.1 Å². The van der Waals surface area contributed by atoms with Crippen molar-refractivity contribution < 1.29 is 23.1 Å². The van der Waals surface area contributed by atoms with Gasteiger partial charge in [0.05, 0.1) is 5.56 Å². The average molecular weight is 552 g/mol. The third-order valence-electron chi connectivity index (χ3n) is 8.14. The summed E-state index contributed by atoms with van der Waals surface area (Å²) in [4.78, 5) is 14.4. The molecule has 0 saturated heterocycles. The number of aromatic nitrogens is 3. The summed E-state index contributed by atoms with van der Waals surface area (Å²) in [6.07, 6.45) is -1.23. The highest BCUT2D eigenvalue weighted by atomic mass is 19.4. The third kappa shape index (κ3) is 5.76. The van der Waals surface area contributed by atoms with E-state index >= 15 is 0 Å². The van der Waals surface area contributed by atoms with Crippen LogP contribution in [0.2, 0.25) is 0 Å². The summed E-state index contributed by atoms with van der Waals surface area (Å²) in [7, 11) is 0. The number of halogens is 3. The Kier molecular flexibility index (Phi) is 8.11. The minimum absolute atomic E-state index is 0.0651. The zero-order valence-corrected chi connectivity index (χ0v) is 23.6. The molecule has 1 aromatic heterocycles. The van der Waals surface area contributed by atoms with Gasteiger partial charge < -0.3 is 5.11 Å². The van der Waals surface area contributed by atoms with Gasteiger partial charge in [-0.1, -0.05) is 77.4 Å². The molecule has 5 nitrogen and oxygen atoms in total. The molecule has 0 spiro atoms. The van der Waals surface area contributed by atoms with Gasteiger partial charge in [-0.05, 0) is 54.7 Å². The Bertz CT molecular complexity index is 1510. The van der Waals surface area contributed by atoms with Crippen LogP contribution in [0, 0.1) is 5.41 Å². The van der Waals surface area contributed by atoms with E-state index in [1.165, 1.54) is 10.9 Å². The highest BCUT2D eigenvalue weighted by molar-refractivity contribution is 5.84. The number of aromatic hydroxyl groups is 1. The fourth-order valence-electron chi connectivity index (χ4n) is 5.28. The van der Waals surface area contributed by atoms with Gasteiger partial charge in [-0.3, -0.25) is 4.79 Å². The van der Waals surface area contributed by atoms with Gasteiger partial charge in [0.15, 0.2) is 0 Å². The maximum atomic E-state index is 13.3. The molecule has 1 N–H and O–H groups in total. The molecule has 1 heterocycles. The van der Waals surface area contributed by atoms with Crippen molar-refractivity contribution in [2.45, 2.75) is 78.3 Å². The van der Waals surface area contributed by atoms with Gasteiger partial charge in [0.2, 0.25) is 0 Å². The summed E-state index contributed by atoms with van der Waals surface area (Å²) in [5.74, 6) is 0.127. The predicted octanol–water partition coefficient (Wildman–Crippen LogP) is 8.19. The summed E-state index contributed by atoms with van der Waals surface area (Å²) >= 11 is 0. The number of hydrogen-bond acceptors (Lipinski definition) is 4. The Morgan fingerprint density at radius 3 is 2.20 bits per heavy atom. The van der Waals surface area contributed by atoms with Crippen molar-refractivity contribution in [2.24, 2.45) is 5.41 Å². The molecule has 0 saturated carbocycles. The van der Waals surface area contributed by atoms with Crippen LogP contribution in [0.4, 0.5) is 13.2 Å². The number of phenols is 1. The molecule has 8 heteroatoms. The Morgan fingerprint density at radius 2 is 1.57 bits per heavy atom. The Morgan fingerprint density at radius 1 is 0.900 bits per heavy atom. The number of carbonyl (C=O) groups excluding carboxylic acids is 1. The molecular weight excluding hydrogens is 515 g/mol. The number of benzene rings is 3. The van der Waals surface area contributed by atoms with Gasteiger partial charge in [-0.2, -0.15) is 13.2 Å². The number of phenolic OH excluding ortho intramolecular Hbond substituents is 1. The summed E-state index contributed by atoms with van der Waals surface area (Å²) in [5.41, 5.74) is 1.15. The number of Topliss-reactive ketones (excluding diaryl/α,β-unsaturated/α-hetero) is 1. The third-order valence-corrected chi connectivity index (χ3v) is 8.14. The molecule has 40 heavy (non-hydrogen) atoms. The number of nitrogens with zero attached hydrogens (tertiary/aromatic N) is 3. The van der Waals surface area contributed by atoms with Crippen LogP contribution in [-0.2, 0) is 22.8 Å². The van der Waals surface area contributed by atoms with Crippen molar-refractivity contribution in [3.8, 4) is 11.4 Å². The normalized spacial score (nSPS) is 13.9. The van der Waals surface area contributed by atoms with Crippen LogP contribution in [0.3, 0.4) is 0 Å². The first-order chi connectivity index (χ1) is 18.8. The summed E-state index contributed by atoms with van der Waals surface area (Å²) in [6.45, 7) is 10.1. The zero-order chi connectivity index (χ0) is 29.3. The SMILES string of the molecule is CCCC(C)(CC)C(=O)CCc1cc(-n2nc3ccc(C(F)(F)F)cc3n2)c(O)c(C(C)(C)c2ccccc2)c1. The molecule has 4 rings (SSSR count). The van der Waals surface area contributed by atoms with Crippen molar-refractivity contribution >= 4 is 16.8 Å². The number of alkyl halides is 3. The maximum absolute atomic E-state index is 13.3. The Hall–Kier alpha value is -3.68. The van der Waals surface area contributed by atoms with E-state index in [-0.39, 0.29) is 28.3 Å². The molecule has 4 aromatic rings. The largest absolute Gasteiger partial charge is 0.505 e. The lowest BCUT2D eigenvalue weighted by molar-refractivity contribution is -0.137. The van der Waals surface area contributed by atoms with E-state index < -0.39 is 22.6 Å². The first-order valence-electron chi connectivity index (χ1n) is 13.7. The molecule has 0 fully saturated rings. The van der Waals surface area contributed by atoms with E-state index in [1.54, 1.807) is 6.07 Å². The molecule has 0 radical (unpaired) electrons. The highest BCUT2D eigenvalue weighted by Crippen LogP contribution is 2.41. The molecule has 0 aliphatic heterocycles. The molecule has 3 aromatic carbocycles. The van der Waals surface area contributed by atoms with Gasteiger partial charge in [-0.25, -0.2) is 0 Å². The zero-order valence-electron chi connectivity index (χ0n) is 23.6. The quantitative estimate of drug-likeness (QED) is 0.216. The molecule has 0 amide bonds. The molecule has 0 bridgehead atoms. The standard InChI is InChI=1S/C32H36F3N3O2/c1-6-17-31(5,7-2)28(39)16-13-21-18-24(30(3,4)22-11-9-8-10-12-22)29(40)27(19-21)38-36-25-15-14-23(32(33,34)35)20-26(25)37-38/h8-12,14-15,18-20,40H,6-7,13,16-17H2,1-5H3. The van der Waals surface area contributed by atoms with Gasteiger partial charge in [0.1, 0.15) is 28.3 Å². The predicted molar refractivity (Wildman–Crippen MR) is 151 cm³/mol. The summed E-state index contributed by atoms with van der Waals surface area (Å²) in [6, 6.07) is 16.6. The van der Waals surface area contributed by atoms with Crippen molar-refractivity contribution in [3.63, 3.8) is 0 Å². The van der Waals surface area contributed by atoms with Crippen LogP contribution in [0.5, 0.6) is 5.75 Å². The van der Waals surface area contributed by atoms with Crippen molar-refractivity contribution in [1.82, 2.24) is 15.0 Å². The lowest BCUT2D eigenvalue weighted by Crippen LogP contribution is -2.27. The molecule has 1 atom stereocenters. The molecule has 0 aliphatic carbocycles. The van der Waals surface area contributed by atoms with Gasteiger partial charge in [-0.15, -0.1) is 15.0 Å². The first kappa shape index (κ1) is 29.3. The van der Waals surface area contributed by atoms with Crippen molar-refractivity contribution in [1.29, 1.82) is 0 Å². The topological polar surface area (TPSA) is 68.0 Å². The highest BCUT2D eigenvalue weighted by Gasteiger charge is 2.33. The minimum Gasteiger partial charge on any atom is -0.505 e. The van der Waals surface area contributed by atoms with E-state index in [4.69, 9.17) is 0 Å². The van der Waals surface area contributed by atoms with Crippen molar-refractivity contribution in [3.05, 3.63) is 82.9 Å². The molecular formula is C32H36F3N3O2. The van der Waals surface area contributed by atoms with Crippen LogP contribution in [0.1, 0.15) is 82.6 Å². The lowest BCUT2D eigenvalue weighted by atomic mass is 9.75. The van der Waals surface area contributed by atoms with Crippen LogP contribution in [-0.4, -0.2) is 25.9 Å². The summed E-state index contributed by atoms with van der Waals surface area (Å²) < 4.78 is 39.9. The number of aryl methyl sites for hydroxylation is 1. The van der Waals surface area contributed by atoms with Crippen LogP contribution >= 0.6 is 0 Å². The second kappa shape index (κ2) is 11.1. The fourth-order valence-corrected chi connectivity index (χ4v) is 5.28. The van der Waals surface area contributed by atoms with Crippen LogP contribution in [0.15, 0.2) is 60.7 Å². The maximum Gasteiger partial charge on any atom is 0.416 e. The number of fused-ring (bicyclic) bond motifs is 1. The Balaban J connectivity index is 1.82. The van der Waals surface area contributed by atoms with E-state index in [9.17, 15) is 23.1 Å². The minimum atomic E-state index is -4.51. The smallest absolute Gasteiger partial charge is 0.416 e. The molecule has 0 aliphatic rings. The van der Waals surface area contributed by atoms with Gasteiger partial charge in [0, 0.05) is 22.8 Å². The number of rotatable bonds is 10. The van der Waals surface area contributed by atoms with E-state index in [2.05, 4.69) is 17.1 Å². The van der Waals surface area contributed by atoms with Crippen LogP contribution < -0.4 is 0 Å². The lowest BCUT2D eigenvalue weighted by Gasteiger charge is -2.29. The van der Waals surface area contributed by atoms with Crippen molar-refractivity contribution in [2.75, 3.05) is 0 Å². The number of ketones is 1. The van der Waals surface area contributed by atoms with E-state index in [0.717, 1.165) is 42.5 Å². The van der Waals surface area contributed by atoms with Gasteiger partial charge >= 0.3 is 6.18 Å².